The molecule has 4 atom stereocenters. The van der Waals surface area contributed by atoms with Crippen LogP contribution in [0.15, 0.2) is 0 Å². The van der Waals surface area contributed by atoms with E-state index in [2.05, 4.69) is 77.6 Å². The van der Waals surface area contributed by atoms with Crippen LogP contribution in [0.4, 0.5) is 0 Å². The van der Waals surface area contributed by atoms with E-state index in [0.29, 0.717) is 0 Å². The van der Waals surface area contributed by atoms with Gasteiger partial charge in [-0.05, 0) is 0 Å². The summed E-state index contributed by atoms with van der Waals surface area (Å²) in [4.78, 5) is 163. The summed E-state index contributed by atoms with van der Waals surface area (Å²) in [7, 11) is -110. The van der Waals surface area contributed by atoms with Gasteiger partial charge in [-0.15, -0.1) is 0 Å². The second-order valence-electron chi connectivity index (χ2n) is 9.88. The molecule has 0 aliphatic carbocycles. The van der Waals surface area contributed by atoms with Crippen LogP contribution in [-0.4, -0.2) is 83.2 Å². The van der Waals surface area contributed by atoms with Gasteiger partial charge in [-0.25, -0.2) is 86.2 Å². The summed E-state index contributed by atoms with van der Waals surface area (Å²) in [6.07, 6.45) is 0. The maximum absolute atomic E-state index is 11.2. The predicted octanol–water partition coefficient (Wildman–Crippen LogP) is -1.52. The molecule has 432 valence electrons. The van der Waals surface area contributed by atoms with Crippen molar-refractivity contribution in [3.63, 3.8) is 0 Å². The van der Waals surface area contributed by atoms with Gasteiger partial charge >= 0.3 is 163 Å². The molecule has 17 N–H and O–H groups in total. The molecular formula is H17NaO54P18. The third-order valence-electron chi connectivity index (χ3n) is 3.71. The van der Waals surface area contributed by atoms with Gasteiger partial charge in [0.15, 0.2) is 0 Å². The molecule has 73 heteroatoms. The topological polar surface area (TPSA) is 840 Å². The van der Waals surface area contributed by atoms with E-state index in [1.807, 2.05) is 0 Å². The predicted molar refractivity (Wildman–Crippen MR) is 194 cm³/mol. The zero-order chi connectivity index (χ0) is 57.7. The Kier molecular flexibility index (Phi) is 26.4. The molecule has 0 radical (unpaired) electrons. The van der Waals surface area contributed by atoms with Crippen molar-refractivity contribution < 1.29 is 277 Å². The van der Waals surface area contributed by atoms with E-state index >= 15 is 0 Å². The standard InChI is InChI=1S/Na.3H6O18P6/c;3*1-19(2)13-20(3,4)15-22(7,8)17-24(11,12)18-23(9,10)16-21(5,6)14-19/h;3*(H,1,2)(H,3,4)(H,5,6)(H,7,8)(H,9,10)(H,11,12)/q+1;;;/p-1. The summed E-state index contributed by atoms with van der Waals surface area (Å²) in [5.41, 5.74) is 0. The first kappa shape index (κ1) is 76.7. The first-order valence-electron chi connectivity index (χ1n) is 13.4. The van der Waals surface area contributed by atoms with Gasteiger partial charge in [-0.3, -0.25) is 4.57 Å². The summed E-state index contributed by atoms with van der Waals surface area (Å²) in [5.74, 6) is 0. The molecule has 3 saturated heterocycles. The third kappa shape index (κ3) is 33.0. The molecule has 3 heterocycles. The molecule has 3 aliphatic heterocycles. The van der Waals surface area contributed by atoms with Crippen molar-refractivity contribution in [1.82, 2.24) is 0 Å². The van der Waals surface area contributed by atoms with Gasteiger partial charge in [-0.2, -0.15) is 69.0 Å². The van der Waals surface area contributed by atoms with Crippen molar-refractivity contribution in [3.05, 3.63) is 0 Å². The summed E-state index contributed by atoms with van der Waals surface area (Å²) >= 11 is 0. The van der Waals surface area contributed by atoms with Crippen molar-refractivity contribution >= 4 is 141 Å². The summed E-state index contributed by atoms with van der Waals surface area (Å²) in [6, 6.07) is 0. The van der Waals surface area contributed by atoms with E-state index in [4.69, 9.17) is 83.2 Å². The molecular weight excluding hydrogens is 1440 g/mol. The van der Waals surface area contributed by atoms with Gasteiger partial charge in [0, 0.05) is 0 Å². The number of hydrogen-bond acceptors (Lipinski definition) is 37. The van der Waals surface area contributed by atoms with Gasteiger partial charge in [-0.1, -0.05) is 0 Å². The molecule has 0 aromatic rings. The molecule has 0 saturated carbocycles. The Balaban J connectivity index is 0.00000106. The quantitative estimate of drug-likeness (QED) is 0.0967. The number of phosphoric acid groups is 18. The molecule has 73 heavy (non-hydrogen) atoms. The summed E-state index contributed by atoms with van der Waals surface area (Å²) in [6.45, 7) is 0. The number of hydrogen-bond donors (Lipinski definition) is 17. The van der Waals surface area contributed by atoms with Gasteiger partial charge in [0.2, 0.25) is 0 Å². The van der Waals surface area contributed by atoms with Crippen LogP contribution < -0.4 is 34.5 Å². The van der Waals surface area contributed by atoms with E-state index in [9.17, 15) is 87.1 Å². The van der Waals surface area contributed by atoms with Crippen LogP contribution in [0, 0.1) is 0 Å². The summed E-state index contributed by atoms with van der Waals surface area (Å²) in [5, 5.41) is 0. The van der Waals surface area contributed by atoms with E-state index in [-0.39, 0.29) is 29.6 Å². The first-order chi connectivity index (χ1) is 30.7. The van der Waals surface area contributed by atoms with Crippen LogP contribution in [0.2, 0.25) is 0 Å². The fraction of sp³-hybridized carbons (Fsp3) is 0. The first-order valence-corrected chi connectivity index (χ1v) is 40.3. The van der Waals surface area contributed by atoms with Crippen molar-refractivity contribution in [1.29, 1.82) is 0 Å². The van der Waals surface area contributed by atoms with Gasteiger partial charge < -0.3 is 88.1 Å². The Bertz CT molecular complexity index is 2050. The Morgan fingerprint density at radius 3 is 0.288 bits per heavy atom. The smallest absolute Gasteiger partial charge is 0.756 e. The minimum atomic E-state index is -6.36. The molecule has 0 spiro atoms. The molecule has 3 rings (SSSR count). The number of rotatable bonds is 0. The van der Waals surface area contributed by atoms with Crippen LogP contribution in [0.1, 0.15) is 0 Å². The van der Waals surface area contributed by atoms with Crippen molar-refractivity contribution in [2.75, 3.05) is 0 Å². The van der Waals surface area contributed by atoms with Crippen molar-refractivity contribution in [2.24, 2.45) is 0 Å². The van der Waals surface area contributed by atoms with Gasteiger partial charge in [0.1, 0.15) is 0 Å². The average Bonchev–Trinajstić information content (AvgIpc) is 2.82. The monoisotopic (exact) mass is 1460 g/mol. The summed E-state index contributed by atoms with van der Waals surface area (Å²) < 4.78 is 260. The zero-order valence-corrected chi connectivity index (χ0v) is 49.9. The van der Waals surface area contributed by atoms with Crippen molar-refractivity contribution in [2.45, 2.75) is 0 Å². The van der Waals surface area contributed by atoms with Crippen LogP contribution in [-0.2, 0) is 160 Å². The normalized spacial score (nSPS) is 54.5. The van der Waals surface area contributed by atoms with Crippen LogP contribution in [0.25, 0.3) is 0 Å². The maximum Gasteiger partial charge on any atom is 1.00 e. The average molecular weight is 1460 g/mol. The van der Waals surface area contributed by atoms with Crippen LogP contribution in [0.3, 0.4) is 0 Å². The van der Waals surface area contributed by atoms with Gasteiger partial charge in [0.05, 0.1) is 0 Å². The van der Waals surface area contributed by atoms with Crippen molar-refractivity contribution in [3.8, 4) is 0 Å². The van der Waals surface area contributed by atoms with E-state index in [0.717, 1.165) is 0 Å². The molecule has 3 fully saturated rings. The van der Waals surface area contributed by atoms with Gasteiger partial charge in [0.25, 0.3) is 7.82 Å². The Hall–Kier alpha value is 3.70. The van der Waals surface area contributed by atoms with E-state index in [1.165, 1.54) is 0 Å². The molecule has 0 amide bonds. The Morgan fingerprint density at radius 1 is 0.164 bits per heavy atom. The second-order valence-corrected chi connectivity index (χ2v) is 38.5. The third-order valence-corrected chi connectivity index (χ3v) is 33.4. The van der Waals surface area contributed by atoms with Crippen LogP contribution >= 0.6 is 141 Å². The fourth-order valence-corrected chi connectivity index (χ4v) is 28.3. The Morgan fingerprint density at radius 2 is 0.219 bits per heavy atom. The minimum Gasteiger partial charge on any atom is -0.756 e. The van der Waals surface area contributed by atoms with E-state index < -0.39 is 141 Å². The fourth-order valence-electron chi connectivity index (χ4n) is 2.61. The SMILES string of the molecule is O=P1(O)OP(=O)(O)OP(=O)(O)OP(=O)(O)OP(=O)(O)OP(=O)(O)O1.O=P1(O)OP(=O)(O)OP(=O)(O)OP(=O)(O)OP(=O)(O)OP(=O)(O)O1.O=P1([O-])OP(=O)(O)OP(=O)(O)OP(=O)(O)OP(=O)(O)OP(=O)(O)O1.[Na+]. The largest absolute Gasteiger partial charge is 1.00 e. The molecule has 0 aromatic carbocycles. The molecule has 54 nitrogen and oxygen atoms in total. The van der Waals surface area contributed by atoms with Crippen LogP contribution in [0.5, 0.6) is 0 Å². The molecule has 4 unspecified atom stereocenters. The molecule has 0 bridgehead atoms. The van der Waals surface area contributed by atoms with E-state index in [1.54, 1.807) is 0 Å². The zero-order valence-electron chi connectivity index (χ0n) is 31.8. The second kappa shape index (κ2) is 25.1. The Labute approximate surface area is 416 Å². The molecule has 0 aromatic heterocycles. The minimum absolute atomic E-state index is 0. The molecule has 3 aliphatic rings. The maximum atomic E-state index is 11.2.